The number of nitrogens with two attached hydrogens (primary N) is 1. The topological polar surface area (TPSA) is 121 Å². The summed E-state index contributed by atoms with van der Waals surface area (Å²) in [7, 11) is 1.24. The van der Waals surface area contributed by atoms with E-state index in [2.05, 4.69) is 15.0 Å². The van der Waals surface area contributed by atoms with Crippen LogP contribution in [0.3, 0.4) is 0 Å². The van der Waals surface area contributed by atoms with E-state index in [1.54, 1.807) is 20.8 Å². The molecule has 0 saturated heterocycles. The highest BCUT2D eigenvalue weighted by Gasteiger charge is 2.25. The number of thiazole rings is 1. The number of rotatable bonds is 5. The predicted octanol–water partition coefficient (Wildman–Crippen LogP) is 1.37. The zero-order valence-corrected chi connectivity index (χ0v) is 13.7. The van der Waals surface area contributed by atoms with Crippen LogP contribution in [0, 0.1) is 0 Å². The van der Waals surface area contributed by atoms with E-state index >= 15 is 0 Å². The quantitative estimate of drug-likeness (QED) is 0.787. The van der Waals surface area contributed by atoms with Crippen molar-refractivity contribution < 1.29 is 23.9 Å². The van der Waals surface area contributed by atoms with Gasteiger partial charge in [-0.1, -0.05) is 0 Å². The molecular weight excluding hydrogens is 310 g/mol. The fraction of sp³-hybridized carbons (Fsp3) is 0.538. The fourth-order valence-corrected chi connectivity index (χ4v) is 2.32. The van der Waals surface area contributed by atoms with Gasteiger partial charge in [0.2, 0.25) is 0 Å². The molecule has 9 heteroatoms. The molecule has 1 aromatic heterocycles. The van der Waals surface area contributed by atoms with Gasteiger partial charge in [0.05, 0.1) is 19.6 Å². The molecule has 0 saturated carbocycles. The lowest BCUT2D eigenvalue weighted by atomic mass is 10.2. The van der Waals surface area contributed by atoms with Crippen LogP contribution in [0.15, 0.2) is 5.38 Å². The summed E-state index contributed by atoms with van der Waals surface area (Å²) in [6, 6.07) is -0.764. The molecule has 22 heavy (non-hydrogen) atoms. The molecule has 0 aromatic carbocycles. The molecule has 1 aromatic rings. The molecule has 2 amide bonds. The van der Waals surface area contributed by atoms with E-state index in [0.29, 0.717) is 5.01 Å². The minimum Gasteiger partial charge on any atom is -0.469 e. The van der Waals surface area contributed by atoms with E-state index in [-0.39, 0.29) is 12.1 Å². The maximum Gasteiger partial charge on any atom is 0.408 e. The number of methoxy groups -OCH3 is 1. The molecule has 1 atom stereocenters. The number of nitrogens with zero attached hydrogens (tertiary/aromatic N) is 1. The van der Waals surface area contributed by atoms with Crippen LogP contribution in [0.25, 0.3) is 0 Å². The second-order valence-electron chi connectivity index (χ2n) is 5.41. The van der Waals surface area contributed by atoms with Gasteiger partial charge >= 0.3 is 12.1 Å². The number of carbonyl (C=O) groups excluding carboxylic acids is 3. The molecule has 3 N–H and O–H groups in total. The van der Waals surface area contributed by atoms with Crippen LogP contribution >= 0.6 is 11.3 Å². The average Bonchev–Trinajstić information content (AvgIpc) is 2.85. The molecule has 0 radical (unpaired) electrons. The highest BCUT2D eigenvalue weighted by atomic mass is 32.1. The lowest BCUT2D eigenvalue weighted by Crippen LogP contribution is -2.36. The van der Waals surface area contributed by atoms with Gasteiger partial charge in [0, 0.05) is 5.38 Å². The highest BCUT2D eigenvalue weighted by Crippen LogP contribution is 2.22. The standard InChI is InChI=1S/C13H19N3O5S/c1-13(2,3)21-12(19)16-7(5-9(17)20-4)11-15-8(6-22-11)10(14)18/h6-7H,5H2,1-4H3,(H2,14,18)(H,16,19)/t7-/m0/s1. The second kappa shape index (κ2) is 7.21. The maximum atomic E-state index is 11.9. The number of nitrogens with one attached hydrogen (secondary N) is 1. The average molecular weight is 329 g/mol. The molecular formula is C13H19N3O5S. The Morgan fingerprint density at radius 3 is 2.50 bits per heavy atom. The van der Waals surface area contributed by atoms with Crippen molar-refractivity contribution >= 4 is 29.3 Å². The first kappa shape index (κ1) is 17.9. The normalized spacial score (nSPS) is 12.4. The zero-order chi connectivity index (χ0) is 16.9. The molecule has 1 rings (SSSR count). The Bertz CT molecular complexity index is 564. The van der Waals surface area contributed by atoms with Crippen molar-refractivity contribution in [2.24, 2.45) is 5.73 Å². The minimum absolute atomic E-state index is 0.0702. The lowest BCUT2D eigenvalue weighted by Gasteiger charge is -2.22. The third kappa shape index (κ3) is 5.68. The monoisotopic (exact) mass is 329 g/mol. The molecule has 0 bridgehead atoms. The third-order valence-electron chi connectivity index (χ3n) is 2.36. The van der Waals surface area contributed by atoms with Crippen LogP contribution in [0.4, 0.5) is 4.79 Å². The van der Waals surface area contributed by atoms with Crippen molar-refractivity contribution in [2.75, 3.05) is 7.11 Å². The van der Waals surface area contributed by atoms with Gasteiger partial charge in [0.1, 0.15) is 16.3 Å². The molecule has 122 valence electrons. The van der Waals surface area contributed by atoms with Gasteiger partial charge in [-0.25, -0.2) is 9.78 Å². The predicted molar refractivity (Wildman–Crippen MR) is 79.4 cm³/mol. The number of hydrogen-bond donors (Lipinski definition) is 2. The first-order valence-corrected chi connectivity index (χ1v) is 7.32. The van der Waals surface area contributed by atoms with Crippen molar-refractivity contribution in [1.82, 2.24) is 10.3 Å². The number of amides is 2. The van der Waals surface area contributed by atoms with Gasteiger partial charge < -0.3 is 20.5 Å². The van der Waals surface area contributed by atoms with Crippen molar-refractivity contribution in [3.63, 3.8) is 0 Å². The van der Waals surface area contributed by atoms with Crippen LogP contribution in [0.2, 0.25) is 0 Å². The number of carbonyl (C=O) groups is 3. The molecule has 1 heterocycles. The second-order valence-corrected chi connectivity index (χ2v) is 6.30. The van der Waals surface area contributed by atoms with Crippen LogP contribution in [0.1, 0.15) is 48.7 Å². The Morgan fingerprint density at radius 2 is 2.05 bits per heavy atom. The van der Waals surface area contributed by atoms with E-state index < -0.39 is 29.6 Å². The van der Waals surface area contributed by atoms with Gasteiger partial charge in [-0.05, 0) is 20.8 Å². The Labute approximate surface area is 132 Å². The first-order valence-electron chi connectivity index (χ1n) is 6.44. The van der Waals surface area contributed by atoms with Crippen molar-refractivity contribution in [2.45, 2.75) is 38.8 Å². The van der Waals surface area contributed by atoms with Crippen LogP contribution < -0.4 is 11.1 Å². The number of aromatic nitrogens is 1. The lowest BCUT2D eigenvalue weighted by molar-refractivity contribution is -0.141. The largest absolute Gasteiger partial charge is 0.469 e. The van der Waals surface area contributed by atoms with Gasteiger partial charge in [-0.15, -0.1) is 11.3 Å². The molecule has 0 aliphatic rings. The van der Waals surface area contributed by atoms with Gasteiger partial charge in [0.25, 0.3) is 5.91 Å². The van der Waals surface area contributed by atoms with Crippen molar-refractivity contribution in [3.8, 4) is 0 Å². The zero-order valence-electron chi connectivity index (χ0n) is 12.8. The molecule has 0 aliphatic carbocycles. The van der Waals surface area contributed by atoms with Crippen LogP contribution in [-0.2, 0) is 14.3 Å². The molecule has 8 nitrogen and oxygen atoms in total. The van der Waals surface area contributed by atoms with Gasteiger partial charge in [0.15, 0.2) is 0 Å². The number of primary amides is 1. The Morgan fingerprint density at radius 1 is 1.41 bits per heavy atom. The molecule has 0 spiro atoms. The minimum atomic E-state index is -0.764. The summed E-state index contributed by atoms with van der Waals surface area (Å²) in [5.41, 5.74) is 4.53. The summed E-state index contributed by atoms with van der Waals surface area (Å²) >= 11 is 1.11. The Balaban J connectivity index is 2.90. The third-order valence-corrected chi connectivity index (χ3v) is 3.32. The number of hydrogen-bond acceptors (Lipinski definition) is 7. The number of ether oxygens (including phenoxy) is 2. The maximum absolute atomic E-state index is 11.9. The number of esters is 1. The van der Waals surface area contributed by atoms with E-state index in [0.717, 1.165) is 11.3 Å². The van der Waals surface area contributed by atoms with E-state index in [9.17, 15) is 14.4 Å². The summed E-state index contributed by atoms with van der Waals surface area (Å²) in [5.74, 6) is -1.21. The van der Waals surface area contributed by atoms with Crippen LogP contribution in [0.5, 0.6) is 0 Å². The molecule has 0 unspecified atom stereocenters. The Hall–Kier alpha value is -2.16. The number of alkyl carbamates (subject to hydrolysis) is 1. The van der Waals surface area contributed by atoms with Gasteiger partial charge in [-0.3, -0.25) is 9.59 Å². The summed E-state index contributed by atoms with van der Waals surface area (Å²) in [6.45, 7) is 5.16. The summed E-state index contributed by atoms with van der Waals surface area (Å²) in [5, 5.41) is 4.36. The molecule has 0 aliphatic heterocycles. The smallest absolute Gasteiger partial charge is 0.408 e. The first-order chi connectivity index (χ1) is 10.1. The summed E-state index contributed by atoms with van der Waals surface area (Å²) < 4.78 is 9.74. The highest BCUT2D eigenvalue weighted by molar-refractivity contribution is 7.09. The SMILES string of the molecule is COC(=O)C[C@H](NC(=O)OC(C)(C)C)c1nc(C(N)=O)cs1. The van der Waals surface area contributed by atoms with Crippen molar-refractivity contribution in [1.29, 1.82) is 0 Å². The van der Waals surface area contributed by atoms with Crippen molar-refractivity contribution in [3.05, 3.63) is 16.1 Å². The van der Waals surface area contributed by atoms with E-state index in [1.165, 1.54) is 12.5 Å². The molecule has 0 fully saturated rings. The summed E-state index contributed by atoms with van der Waals surface area (Å²) in [4.78, 5) is 38.4. The summed E-state index contributed by atoms with van der Waals surface area (Å²) in [6.07, 6.45) is -0.834. The fourth-order valence-electron chi connectivity index (χ4n) is 1.46. The van der Waals surface area contributed by atoms with Gasteiger partial charge in [-0.2, -0.15) is 0 Å². The van der Waals surface area contributed by atoms with Crippen LogP contribution in [-0.4, -0.2) is 35.7 Å². The van der Waals surface area contributed by atoms with E-state index in [4.69, 9.17) is 10.5 Å². The Kier molecular flexibility index (Phi) is 5.86. The van der Waals surface area contributed by atoms with E-state index in [1.807, 2.05) is 0 Å².